The maximum Gasteiger partial charge on any atom is 0.0534 e. The fraction of sp³-hybridized carbons (Fsp3) is 0.850. The largest absolute Gasteiger partial charge is 0.396 e. The summed E-state index contributed by atoms with van der Waals surface area (Å²) >= 11 is 0. The van der Waals surface area contributed by atoms with Gasteiger partial charge < -0.3 is 15.3 Å². The highest BCUT2D eigenvalue weighted by atomic mass is 16.3. The van der Waals surface area contributed by atoms with Crippen LogP contribution in [0.25, 0.3) is 0 Å². The summed E-state index contributed by atoms with van der Waals surface area (Å²) in [5.74, 6) is 0.890. The Bertz CT molecular complexity index is 452. The molecule has 0 aromatic carbocycles. The van der Waals surface area contributed by atoms with Gasteiger partial charge in [-0.1, -0.05) is 46.0 Å². The molecular weight excluding hydrogens is 312 g/mol. The second-order valence-corrected chi connectivity index (χ2v) is 8.39. The van der Waals surface area contributed by atoms with Gasteiger partial charge in [-0.2, -0.15) is 5.10 Å². The number of aryl methyl sites for hydroxylation is 1. The van der Waals surface area contributed by atoms with Crippen molar-refractivity contribution in [2.75, 3.05) is 33.8 Å². The van der Waals surface area contributed by atoms with Crippen molar-refractivity contribution in [2.24, 2.45) is 18.4 Å². The molecule has 0 radical (unpaired) electrons. The van der Waals surface area contributed by atoms with Gasteiger partial charge in [0.25, 0.3) is 0 Å². The van der Waals surface area contributed by atoms with Crippen molar-refractivity contribution >= 4 is 0 Å². The number of likely N-dealkylation sites (N-methyl/N-ethyl adjacent to an activating group) is 2. The lowest BCUT2D eigenvalue weighted by Crippen LogP contribution is -2.26. The van der Waals surface area contributed by atoms with E-state index in [2.05, 4.69) is 42.4 Å². The summed E-state index contributed by atoms with van der Waals surface area (Å²) in [6.07, 6.45) is 12.2. The van der Waals surface area contributed by atoms with Crippen LogP contribution in [0.1, 0.15) is 57.9 Å². The molecule has 1 aliphatic rings. The van der Waals surface area contributed by atoms with Gasteiger partial charge in [-0.05, 0) is 31.8 Å². The fourth-order valence-electron chi connectivity index (χ4n) is 3.48. The predicted molar refractivity (Wildman–Crippen MR) is 106 cm³/mol. The van der Waals surface area contributed by atoms with Crippen LogP contribution in [0, 0.1) is 11.3 Å². The first kappa shape index (κ1) is 22.1. The van der Waals surface area contributed by atoms with E-state index in [4.69, 9.17) is 5.11 Å². The zero-order valence-corrected chi connectivity index (χ0v) is 17.1. The van der Waals surface area contributed by atoms with Crippen molar-refractivity contribution in [3.63, 3.8) is 0 Å². The van der Waals surface area contributed by atoms with E-state index in [0.717, 1.165) is 25.6 Å². The van der Waals surface area contributed by atoms with E-state index in [1.54, 1.807) is 0 Å². The first-order valence-electron chi connectivity index (χ1n) is 9.78. The first-order chi connectivity index (χ1) is 11.9. The van der Waals surface area contributed by atoms with Gasteiger partial charge in [-0.25, -0.2) is 0 Å². The van der Waals surface area contributed by atoms with Crippen LogP contribution in [0.3, 0.4) is 0 Å². The standard InChI is InChI=1S/C11H22O.C9H18N4/c1-11(2,9-12)8-10-6-4-3-5-7-10;1-10-4-5-12(2)7-9-6-11-13(3)8-9/h10,12H,3-9H2,1-2H3;6,8,10H,4-5,7H2,1-3H3. The average molecular weight is 353 g/mol. The Labute approximate surface area is 154 Å². The Morgan fingerprint density at radius 2 is 2.00 bits per heavy atom. The van der Waals surface area contributed by atoms with Gasteiger partial charge in [0, 0.05) is 45.0 Å². The SMILES string of the molecule is CC(C)(CO)CC1CCCCC1.CNCCN(C)Cc1cnn(C)c1. The Balaban J connectivity index is 0.000000251. The Hall–Kier alpha value is -0.910. The highest BCUT2D eigenvalue weighted by Crippen LogP contribution is 2.33. The van der Waals surface area contributed by atoms with Gasteiger partial charge in [0.05, 0.1) is 6.20 Å². The van der Waals surface area contributed by atoms with Crippen molar-refractivity contribution in [3.05, 3.63) is 18.0 Å². The number of nitrogens with one attached hydrogen (secondary N) is 1. The molecule has 1 aromatic heterocycles. The Morgan fingerprint density at radius 3 is 2.52 bits per heavy atom. The second-order valence-electron chi connectivity index (χ2n) is 8.39. The van der Waals surface area contributed by atoms with Crippen LogP contribution in [0.15, 0.2) is 12.4 Å². The van der Waals surface area contributed by atoms with Gasteiger partial charge in [0.15, 0.2) is 0 Å². The van der Waals surface area contributed by atoms with Crippen molar-refractivity contribution < 1.29 is 5.11 Å². The molecule has 0 amide bonds. The molecule has 5 heteroatoms. The normalized spacial score (nSPS) is 16.0. The Kier molecular flexibility index (Phi) is 10.3. The number of nitrogens with zero attached hydrogens (tertiary/aromatic N) is 3. The lowest BCUT2D eigenvalue weighted by atomic mass is 9.77. The third-order valence-electron chi connectivity index (χ3n) is 4.95. The minimum Gasteiger partial charge on any atom is -0.396 e. The lowest BCUT2D eigenvalue weighted by Gasteiger charge is -2.30. The number of aromatic nitrogens is 2. The molecule has 0 bridgehead atoms. The molecule has 5 nitrogen and oxygen atoms in total. The van der Waals surface area contributed by atoms with Crippen LogP contribution in [-0.4, -0.2) is 53.6 Å². The summed E-state index contributed by atoms with van der Waals surface area (Å²) in [6.45, 7) is 7.73. The molecule has 0 spiro atoms. The van der Waals surface area contributed by atoms with E-state index in [9.17, 15) is 0 Å². The summed E-state index contributed by atoms with van der Waals surface area (Å²) in [6, 6.07) is 0. The third kappa shape index (κ3) is 9.97. The average Bonchev–Trinajstić information content (AvgIpc) is 2.99. The minimum absolute atomic E-state index is 0.155. The van der Waals surface area contributed by atoms with Gasteiger partial charge in [0.2, 0.25) is 0 Å². The van der Waals surface area contributed by atoms with Crippen molar-refractivity contribution in [1.82, 2.24) is 20.0 Å². The Morgan fingerprint density at radius 1 is 1.32 bits per heavy atom. The molecule has 2 N–H and O–H groups in total. The van der Waals surface area contributed by atoms with Crippen molar-refractivity contribution in [3.8, 4) is 0 Å². The molecular formula is C20H40N4O. The topological polar surface area (TPSA) is 53.3 Å². The molecule has 0 atom stereocenters. The zero-order chi connectivity index (χ0) is 18.7. The maximum atomic E-state index is 9.12. The van der Waals surface area contributed by atoms with Gasteiger partial charge in [0.1, 0.15) is 0 Å². The second kappa shape index (κ2) is 11.7. The molecule has 146 valence electrons. The van der Waals surface area contributed by atoms with E-state index < -0.39 is 0 Å². The summed E-state index contributed by atoms with van der Waals surface area (Å²) in [7, 11) is 6.03. The van der Waals surface area contributed by atoms with Gasteiger partial charge in [-0.15, -0.1) is 0 Å². The quantitative estimate of drug-likeness (QED) is 0.755. The third-order valence-corrected chi connectivity index (χ3v) is 4.95. The van der Waals surface area contributed by atoms with E-state index in [-0.39, 0.29) is 5.41 Å². The van der Waals surface area contributed by atoms with Crippen LogP contribution in [0.2, 0.25) is 0 Å². The van der Waals surface area contributed by atoms with E-state index in [0.29, 0.717) is 6.61 Å². The van der Waals surface area contributed by atoms with Crippen LogP contribution in [0.4, 0.5) is 0 Å². The van der Waals surface area contributed by atoms with E-state index >= 15 is 0 Å². The summed E-state index contributed by atoms with van der Waals surface area (Å²) in [4.78, 5) is 2.27. The molecule has 1 saturated carbocycles. The van der Waals surface area contributed by atoms with Crippen LogP contribution < -0.4 is 5.32 Å². The molecule has 1 aliphatic carbocycles. The maximum absolute atomic E-state index is 9.12. The monoisotopic (exact) mass is 352 g/mol. The van der Waals surface area contributed by atoms with E-state index in [1.165, 1.54) is 44.1 Å². The van der Waals surface area contributed by atoms with Gasteiger partial charge in [-0.3, -0.25) is 4.68 Å². The van der Waals surface area contributed by atoms with Crippen molar-refractivity contribution in [2.45, 2.75) is 58.9 Å². The highest BCUT2D eigenvalue weighted by molar-refractivity contribution is 5.02. The summed E-state index contributed by atoms with van der Waals surface area (Å²) in [5.41, 5.74) is 1.42. The summed E-state index contributed by atoms with van der Waals surface area (Å²) < 4.78 is 1.83. The summed E-state index contributed by atoms with van der Waals surface area (Å²) in [5, 5.41) is 16.4. The molecule has 25 heavy (non-hydrogen) atoms. The molecule has 1 aromatic rings. The highest BCUT2D eigenvalue weighted by Gasteiger charge is 2.23. The van der Waals surface area contributed by atoms with Gasteiger partial charge >= 0.3 is 0 Å². The lowest BCUT2D eigenvalue weighted by molar-refractivity contribution is 0.119. The molecule has 1 fully saturated rings. The van der Waals surface area contributed by atoms with Crippen LogP contribution in [0.5, 0.6) is 0 Å². The molecule has 1 heterocycles. The zero-order valence-electron chi connectivity index (χ0n) is 17.1. The number of hydrogen-bond donors (Lipinski definition) is 2. The van der Waals surface area contributed by atoms with E-state index in [1.807, 2.05) is 25.0 Å². The fourth-order valence-corrected chi connectivity index (χ4v) is 3.48. The predicted octanol–water partition coefficient (Wildman–Crippen LogP) is 3.05. The molecule has 0 unspecified atom stereocenters. The first-order valence-corrected chi connectivity index (χ1v) is 9.78. The number of aliphatic hydroxyl groups excluding tert-OH is 1. The number of aliphatic hydroxyl groups is 1. The number of hydrogen-bond acceptors (Lipinski definition) is 4. The van der Waals surface area contributed by atoms with Crippen molar-refractivity contribution in [1.29, 1.82) is 0 Å². The molecule has 2 rings (SSSR count). The molecule has 0 aliphatic heterocycles. The minimum atomic E-state index is 0.155. The number of rotatable bonds is 8. The van der Waals surface area contributed by atoms with Crippen LogP contribution in [-0.2, 0) is 13.6 Å². The smallest absolute Gasteiger partial charge is 0.0534 e. The molecule has 0 saturated heterocycles. The van der Waals surface area contributed by atoms with Crippen LogP contribution >= 0.6 is 0 Å².